The molecule has 0 aliphatic rings. The summed E-state index contributed by atoms with van der Waals surface area (Å²) in [4.78, 5) is 2.11. The molecule has 0 saturated heterocycles. The fraction of sp³-hybridized carbons (Fsp3) is 0. The van der Waals surface area contributed by atoms with Gasteiger partial charge in [-0.15, -0.1) is 24.0 Å². The van der Waals surface area contributed by atoms with E-state index in [1.54, 1.807) is 17.4 Å². The van der Waals surface area contributed by atoms with Gasteiger partial charge in [0, 0.05) is 26.1 Å². The third-order valence-corrected chi connectivity index (χ3v) is 3.71. The predicted molar refractivity (Wildman–Crippen MR) is 66.9 cm³/mol. The van der Waals surface area contributed by atoms with Crippen molar-refractivity contribution in [3.63, 3.8) is 0 Å². The number of rotatable bonds is 2. The smallest absolute Gasteiger partial charge is 0.0416 e. The molecular formula is C11H9NS2. The van der Waals surface area contributed by atoms with E-state index in [1.165, 1.54) is 16.3 Å². The number of thiol groups is 1. The zero-order valence-corrected chi connectivity index (χ0v) is 9.11. The van der Waals surface area contributed by atoms with Crippen LogP contribution in [0.15, 0.2) is 35.2 Å². The van der Waals surface area contributed by atoms with Crippen molar-refractivity contribution in [1.82, 2.24) is 0 Å². The molecule has 2 aromatic rings. The first-order valence-electron chi connectivity index (χ1n) is 4.20. The summed E-state index contributed by atoms with van der Waals surface area (Å²) in [7, 11) is 0. The first-order chi connectivity index (χ1) is 6.83. The number of fused-ring (bicyclic) bond motifs is 1. The Hall–Kier alpha value is -1.06. The third-order valence-electron chi connectivity index (χ3n) is 1.94. The van der Waals surface area contributed by atoms with Gasteiger partial charge in [0.1, 0.15) is 0 Å². The Balaban J connectivity index is 2.62. The summed E-state index contributed by atoms with van der Waals surface area (Å²) >= 11 is 6.17. The molecule has 0 aliphatic carbocycles. The molecule has 0 fully saturated rings. The van der Waals surface area contributed by atoms with Crippen LogP contribution >= 0.6 is 24.0 Å². The zero-order chi connectivity index (χ0) is 9.97. The summed E-state index contributed by atoms with van der Waals surface area (Å²) < 4.78 is 1.24. The van der Waals surface area contributed by atoms with E-state index < -0.39 is 0 Å². The second-order valence-electron chi connectivity index (χ2n) is 2.84. The standard InChI is InChI=1S/C11H9NS2/c12-7-3-6-10-11(13)8-4-1-2-5-9(8)14-10/h1-7,12-13H/b6-3+,12-7?. The van der Waals surface area contributed by atoms with Crippen LogP contribution in [0.1, 0.15) is 4.88 Å². The van der Waals surface area contributed by atoms with Crippen molar-refractivity contribution < 1.29 is 0 Å². The Labute approximate surface area is 92.0 Å². The molecular weight excluding hydrogens is 210 g/mol. The van der Waals surface area contributed by atoms with Crippen molar-refractivity contribution >= 4 is 46.3 Å². The fourth-order valence-electron chi connectivity index (χ4n) is 1.30. The average Bonchev–Trinajstić information content (AvgIpc) is 2.54. The van der Waals surface area contributed by atoms with Gasteiger partial charge in [0.05, 0.1) is 0 Å². The van der Waals surface area contributed by atoms with Crippen molar-refractivity contribution in [1.29, 1.82) is 5.41 Å². The van der Waals surface area contributed by atoms with Crippen molar-refractivity contribution in [3.8, 4) is 0 Å². The second kappa shape index (κ2) is 3.98. The monoisotopic (exact) mass is 219 g/mol. The average molecular weight is 219 g/mol. The number of hydrogen-bond acceptors (Lipinski definition) is 3. The minimum Gasteiger partial charge on any atom is -0.309 e. The van der Waals surface area contributed by atoms with Crippen LogP contribution in [0.25, 0.3) is 16.2 Å². The van der Waals surface area contributed by atoms with Crippen LogP contribution in [0.3, 0.4) is 0 Å². The molecule has 1 nitrogen and oxygen atoms in total. The fourth-order valence-corrected chi connectivity index (χ4v) is 2.80. The molecule has 1 aromatic carbocycles. The largest absolute Gasteiger partial charge is 0.309 e. The van der Waals surface area contributed by atoms with Crippen LogP contribution in [-0.4, -0.2) is 6.21 Å². The molecule has 0 saturated carbocycles. The van der Waals surface area contributed by atoms with Gasteiger partial charge in [-0.05, 0) is 18.2 Å². The minimum atomic E-state index is 1.00. The summed E-state index contributed by atoms with van der Waals surface area (Å²) in [6.07, 6.45) is 4.90. The molecule has 70 valence electrons. The highest BCUT2D eigenvalue weighted by atomic mass is 32.1. The molecule has 0 unspecified atom stereocenters. The summed E-state index contributed by atoms with van der Waals surface area (Å²) in [5.41, 5.74) is 0. The lowest BCUT2D eigenvalue weighted by molar-refractivity contribution is 1.58. The maximum absolute atomic E-state index is 6.92. The van der Waals surface area contributed by atoms with Gasteiger partial charge in [-0.1, -0.05) is 18.2 Å². The number of nitrogens with one attached hydrogen (secondary N) is 1. The zero-order valence-electron chi connectivity index (χ0n) is 7.40. The summed E-state index contributed by atoms with van der Waals surface area (Å²) in [5.74, 6) is 0. The Morgan fingerprint density at radius 3 is 2.79 bits per heavy atom. The lowest BCUT2D eigenvalue weighted by Gasteiger charge is -1.88. The molecule has 1 heterocycles. The normalized spacial score (nSPS) is 11.2. The molecule has 14 heavy (non-hydrogen) atoms. The van der Waals surface area contributed by atoms with Crippen molar-refractivity contribution in [2.75, 3.05) is 0 Å². The topological polar surface area (TPSA) is 23.9 Å². The summed E-state index contributed by atoms with van der Waals surface area (Å²) in [6, 6.07) is 8.19. The number of hydrogen-bond donors (Lipinski definition) is 2. The van der Waals surface area contributed by atoms with E-state index in [1.807, 2.05) is 18.2 Å². The van der Waals surface area contributed by atoms with Gasteiger partial charge in [-0.2, -0.15) is 0 Å². The molecule has 1 N–H and O–H groups in total. The maximum Gasteiger partial charge on any atom is 0.0416 e. The van der Waals surface area contributed by atoms with Gasteiger partial charge < -0.3 is 5.41 Å². The predicted octanol–water partition coefficient (Wildman–Crippen LogP) is 3.85. The van der Waals surface area contributed by atoms with Crippen LogP contribution in [0.5, 0.6) is 0 Å². The van der Waals surface area contributed by atoms with Crippen molar-refractivity contribution in [2.45, 2.75) is 4.90 Å². The van der Waals surface area contributed by atoms with Crippen LogP contribution in [0.4, 0.5) is 0 Å². The van der Waals surface area contributed by atoms with Gasteiger partial charge in [-0.3, -0.25) is 0 Å². The maximum atomic E-state index is 6.92. The molecule has 0 atom stereocenters. The molecule has 0 spiro atoms. The Morgan fingerprint density at radius 1 is 1.29 bits per heavy atom. The molecule has 2 rings (SSSR count). The highest BCUT2D eigenvalue weighted by molar-refractivity contribution is 7.81. The first-order valence-corrected chi connectivity index (χ1v) is 5.47. The van der Waals surface area contributed by atoms with E-state index in [-0.39, 0.29) is 0 Å². The third kappa shape index (κ3) is 1.61. The molecule has 0 bridgehead atoms. The number of allylic oxidation sites excluding steroid dienone is 1. The number of thiophene rings is 1. The van der Waals surface area contributed by atoms with Crippen LogP contribution < -0.4 is 0 Å². The Kier molecular flexibility index (Phi) is 2.70. The summed E-state index contributed by atoms with van der Waals surface area (Å²) in [6.45, 7) is 0. The second-order valence-corrected chi connectivity index (χ2v) is 4.37. The van der Waals surface area contributed by atoms with Crippen LogP contribution in [-0.2, 0) is 0 Å². The quantitative estimate of drug-likeness (QED) is 0.566. The molecule has 1 aromatic heterocycles. The van der Waals surface area contributed by atoms with E-state index in [4.69, 9.17) is 5.41 Å². The number of benzene rings is 1. The van der Waals surface area contributed by atoms with Crippen molar-refractivity contribution in [2.24, 2.45) is 0 Å². The van der Waals surface area contributed by atoms with Gasteiger partial charge >= 0.3 is 0 Å². The van der Waals surface area contributed by atoms with Gasteiger partial charge in [-0.25, -0.2) is 0 Å². The molecule has 0 amide bonds. The lowest BCUT2D eigenvalue weighted by Crippen LogP contribution is -1.65. The molecule has 0 aliphatic heterocycles. The van der Waals surface area contributed by atoms with E-state index in [0.29, 0.717) is 0 Å². The first kappa shape index (κ1) is 9.49. The van der Waals surface area contributed by atoms with Gasteiger partial charge in [0.15, 0.2) is 0 Å². The SMILES string of the molecule is N=C/C=C/c1sc2ccccc2c1S. The van der Waals surface area contributed by atoms with E-state index in [9.17, 15) is 0 Å². The minimum absolute atomic E-state index is 1.00. The molecule has 0 radical (unpaired) electrons. The van der Waals surface area contributed by atoms with Gasteiger partial charge in [0.2, 0.25) is 0 Å². The van der Waals surface area contributed by atoms with Crippen LogP contribution in [0.2, 0.25) is 0 Å². The Bertz CT molecular complexity index is 497. The Morgan fingerprint density at radius 2 is 2.07 bits per heavy atom. The summed E-state index contributed by atoms with van der Waals surface area (Å²) in [5, 5.41) is 8.11. The highest BCUT2D eigenvalue weighted by Gasteiger charge is 2.04. The highest BCUT2D eigenvalue weighted by Crippen LogP contribution is 2.34. The van der Waals surface area contributed by atoms with Crippen LogP contribution in [0, 0.1) is 5.41 Å². The van der Waals surface area contributed by atoms with Crippen molar-refractivity contribution in [3.05, 3.63) is 35.2 Å². The van der Waals surface area contributed by atoms with E-state index in [0.717, 1.165) is 9.77 Å². The molecule has 3 heteroatoms. The van der Waals surface area contributed by atoms with E-state index >= 15 is 0 Å². The lowest BCUT2D eigenvalue weighted by atomic mass is 10.2. The van der Waals surface area contributed by atoms with Gasteiger partial charge in [0.25, 0.3) is 0 Å². The van der Waals surface area contributed by atoms with E-state index in [2.05, 4.69) is 24.8 Å².